The normalized spacial score (nSPS) is 11.2. The van der Waals surface area contributed by atoms with Gasteiger partial charge in [0.25, 0.3) is 10.0 Å². The van der Waals surface area contributed by atoms with Crippen molar-refractivity contribution in [2.45, 2.75) is 4.90 Å². The largest absolute Gasteiger partial charge is 0.493 e. The van der Waals surface area contributed by atoms with Crippen molar-refractivity contribution in [1.29, 1.82) is 0 Å². The topological polar surface area (TPSA) is 79.3 Å². The maximum absolute atomic E-state index is 12.0. The molecule has 0 aliphatic rings. The van der Waals surface area contributed by atoms with Gasteiger partial charge >= 0.3 is 0 Å². The summed E-state index contributed by atoms with van der Waals surface area (Å²) in [6.45, 7) is 0. The van der Waals surface area contributed by atoms with Crippen LogP contribution in [0.15, 0.2) is 47.5 Å². The number of nitrogens with one attached hydrogen (secondary N) is 1. The van der Waals surface area contributed by atoms with Gasteiger partial charge in [0.05, 0.1) is 16.9 Å². The number of aromatic hydroxyl groups is 1. The summed E-state index contributed by atoms with van der Waals surface area (Å²) < 4.78 is 26.4. The van der Waals surface area contributed by atoms with Crippen LogP contribution in [0.25, 0.3) is 0 Å². The van der Waals surface area contributed by atoms with Crippen LogP contribution in [-0.4, -0.2) is 18.5 Å². The number of nitrogens with zero attached hydrogens (tertiary/aromatic N) is 1. The minimum absolute atomic E-state index is 0.0141. The highest BCUT2D eigenvalue weighted by Crippen LogP contribution is 2.23. The lowest BCUT2D eigenvalue weighted by atomic mass is 10.4. The summed E-state index contributed by atoms with van der Waals surface area (Å²) in [6, 6.07) is 8.80. The molecule has 0 atom stereocenters. The summed E-state index contributed by atoms with van der Waals surface area (Å²) in [5.74, 6) is -0.185. The van der Waals surface area contributed by atoms with E-state index in [-0.39, 0.29) is 21.5 Å². The van der Waals surface area contributed by atoms with E-state index >= 15 is 0 Å². The molecule has 0 aliphatic carbocycles. The number of pyridine rings is 1. The summed E-state index contributed by atoms with van der Waals surface area (Å²) in [5.41, 5.74) is 0.243. The van der Waals surface area contributed by atoms with E-state index in [0.717, 1.165) is 0 Å². The molecule has 0 spiro atoms. The average Bonchev–Trinajstić information content (AvgIpc) is 2.32. The number of sulfonamides is 1. The molecule has 18 heavy (non-hydrogen) atoms. The van der Waals surface area contributed by atoms with Crippen LogP contribution in [0.5, 0.6) is 5.88 Å². The first kappa shape index (κ1) is 12.7. The summed E-state index contributed by atoms with van der Waals surface area (Å²) in [7, 11) is -3.76. The Balaban J connectivity index is 2.33. The molecule has 5 nitrogen and oxygen atoms in total. The number of hydrogen-bond donors (Lipinski definition) is 2. The Labute approximate surface area is 109 Å². The Morgan fingerprint density at radius 1 is 1.17 bits per heavy atom. The van der Waals surface area contributed by atoms with Crippen molar-refractivity contribution in [2.24, 2.45) is 0 Å². The van der Waals surface area contributed by atoms with E-state index in [4.69, 9.17) is 16.7 Å². The highest BCUT2D eigenvalue weighted by Gasteiger charge is 2.17. The lowest BCUT2D eigenvalue weighted by molar-refractivity contribution is 0.453. The Bertz CT molecular complexity index is 656. The standard InChI is InChI=1S/C11H9ClN2O3S/c12-9-3-1-2-4-10(9)18(16,17)14-8-5-6-11(15)13-7-8/h1-7,14H,(H,13,15). The van der Waals surface area contributed by atoms with E-state index in [1.807, 2.05) is 0 Å². The minimum atomic E-state index is -3.76. The fourth-order valence-electron chi connectivity index (χ4n) is 1.32. The molecule has 1 aromatic carbocycles. The molecular weight excluding hydrogens is 276 g/mol. The predicted octanol–water partition coefficient (Wildman–Crippen LogP) is 2.24. The Hall–Kier alpha value is -1.79. The molecule has 0 bridgehead atoms. The van der Waals surface area contributed by atoms with Crippen molar-refractivity contribution in [1.82, 2.24) is 4.98 Å². The molecule has 2 rings (SSSR count). The lowest BCUT2D eigenvalue weighted by Gasteiger charge is -2.08. The third kappa shape index (κ3) is 2.72. The number of anilines is 1. The molecule has 94 valence electrons. The van der Waals surface area contributed by atoms with Gasteiger partial charge in [0.15, 0.2) is 0 Å². The van der Waals surface area contributed by atoms with Crippen molar-refractivity contribution in [3.63, 3.8) is 0 Å². The molecule has 0 saturated heterocycles. The van der Waals surface area contributed by atoms with Crippen LogP contribution in [-0.2, 0) is 10.0 Å². The van der Waals surface area contributed by atoms with Crippen LogP contribution < -0.4 is 4.72 Å². The number of rotatable bonds is 3. The Morgan fingerprint density at radius 3 is 2.50 bits per heavy atom. The molecule has 0 amide bonds. The molecule has 0 fully saturated rings. The first-order valence-electron chi connectivity index (χ1n) is 4.91. The molecule has 0 radical (unpaired) electrons. The van der Waals surface area contributed by atoms with Gasteiger partial charge in [0.2, 0.25) is 5.88 Å². The van der Waals surface area contributed by atoms with Crippen LogP contribution in [0.4, 0.5) is 5.69 Å². The van der Waals surface area contributed by atoms with Crippen LogP contribution >= 0.6 is 11.6 Å². The fraction of sp³-hybridized carbons (Fsp3) is 0. The molecule has 2 aromatic rings. The van der Waals surface area contributed by atoms with Gasteiger partial charge in [-0.05, 0) is 18.2 Å². The molecular formula is C11H9ClN2O3S. The fourth-order valence-corrected chi connectivity index (χ4v) is 2.88. The summed E-state index contributed by atoms with van der Waals surface area (Å²) in [5, 5.41) is 9.14. The third-order valence-corrected chi connectivity index (χ3v) is 4.01. The molecule has 1 aromatic heterocycles. The zero-order valence-corrected chi connectivity index (χ0v) is 10.6. The Kier molecular flexibility index (Phi) is 3.40. The highest BCUT2D eigenvalue weighted by atomic mass is 35.5. The third-order valence-electron chi connectivity index (χ3n) is 2.13. The van der Waals surface area contributed by atoms with Gasteiger partial charge in [-0.15, -0.1) is 0 Å². The van der Waals surface area contributed by atoms with E-state index in [0.29, 0.717) is 0 Å². The monoisotopic (exact) mass is 284 g/mol. The van der Waals surface area contributed by atoms with Crippen molar-refractivity contribution in [3.05, 3.63) is 47.6 Å². The van der Waals surface area contributed by atoms with Gasteiger partial charge in [0, 0.05) is 6.07 Å². The highest BCUT2D eigenvalue weighted by molar-refractivity contribution is 7.92. The second-order valence-electron chi connectivity index (χ2n) is 3.44. The first-order chi connectivity index (χ1) is 8.49. The van der Waals surface area contributed by atoms with Gasteiger partial charge in [-0.25, -0.2) is 13.4 Å². The lowest BCUT2D eigenvalue weighted by Crippen LogP contribution is -2.13. The average molecular weight is 285 g/mol. The molecule has 2 N–H and O–H groups in total. The number of halogens is 1. The molecule has 0 aliphatic heterocycles. The van der Waals surface area contributed by atoms with Gasteiger partial charge in [-0.3, -0.25) is 4.72 Å². The van der Waals surface area contributed by atoms with Gasteiger partial charge in [0.1, 0.15) is 4.90 Å². The zero-order chi connectivity index (χ0) is 13.2. The van der Waals surface area contributed by atoms with Crippen molar-refractivity contribution in [2.75, 3.05) is 4.72 Å². The molecule has 1 heterocycles. The van der Waals surface area contributed by atoms with Crippen LogP contribution in [0.2, 0.25) is 5.02 Å². The Morgan fingerprint density at radius 2 is 1.89 bits per heavy atom. The smallest absolute Gasteiger partial charge is 0.263 e. The molecule has 0 saturated carbocycles. The second kappa shape index (κ2) is 4.83. The molecule has 7 heteroatoms. The van der Waals surface area contributed by atoms with Gasteiger partial charge in [-0.1, -0.05) is 23.7 Å². The van der Waals surface area contributed by atoms with Gasteiger partial charge < -0.3 is 5.11 Å². The van der Waals surface area contributed by atoms with Crippen molar-refractivity contribution in [3.8, 4) is 5.88 Å². The van der Waals surface area contributed by atoms with E-state index in [1.54, 1.807) is 12.1 Å². The molecule has 0 unspecified atom stereocenters. The number of benzene rings is 1. The second-order valence-corrected chi connectivity index (χ2v) is 5.50. The maximum Gasteiger partial charge on any atom is 0.263 e. The van der Waals surface area contributed by atoms with Crippen LogP contribution in [0.3, 0.4) is 0 Å². The van der Waals surface area contributed by atoms with Gasteiger partial charge in [-0.2, -0.15) is 0 Å². The van der Waals surface area contributed by atoms with Crippen molar-refractivity contribution >= 4 is 27.3 Å². The SMILES string of the molecule is O=S(=O)(Nc1ccc(O)nc1)c1ccccc1Cl. The summed E-state index contributed by atoms with van der Waals surface area (Å²) >= 11 is 5.83. The van der Waals surface area contributed by atoms with E-state index < -0.39 is 10.0 Å². The summed E-state index contributed by atoms with van der Waals surface area (Å²) in [6.07, 6.45) is 1.21. The first-order valence-corrected chi connectivity index (χ1v) is 6.77. The minimum Gasteiger partial charge on any atom is -0.493 e. The predicted molar refractivity (Wildman–Crippen MR) is 68.2 cm³/mol. The quantitative estimate of drug-likeness (QED) is 0.906. The van der Waals surface area contributed by atoms with Crippen molar-refractivity contribution < 1.29 is 13.5 Å². The van der Waals surface area contributed by atoms with E-state index in [9.17, 15) is 8.42 Å². The summed E-state index contributed by atoms with van der Waals surface area (Å²) in [4.78, 5) is 3.56. The zero-order valence-electron chi connectivity index (χ0n) is 9.04. The number of aromatic nitrogens is 1. The maximum atomic E-state index is 12.0. The van der Waals surface area contributed by atoms with Crippen LogP contribution in [0, 0.1) is 0 Å². The van der Waals surface area contributed by atoms with E-state index in [1.165, 1.54) is 30.5 Å². The number of hydrogen-bond acceptors (Lipinski definition) is 4. The van der Waals surface area contributed by atoms with E-state index in [2.05, 4.69) is 9.71 Å². The van der Waals surface area contributed by atoms with Crippen LogP contribution in [0.1, 0.15) is 0 Å².